The molecule has 2 N–H and O–H groups in total. The topological polar surface area (TPSA) is 56.3 Å². The van der Waals surface area contributed by atoms with Gasteiger partial charge in [0.15, 0.2) is 0 Å². The molecule has 1 aromatic heterocycles. The van der Waals surface area contributed by atoms with Crippen molar-refractivity contribution < 1.29 is 4.74 Å². The summed E-state index contributed by atoms with van der Waals surface area (Å²) in [4.78, 5) is 2.45. The predicted molar refractivity (Wildman–Crippen MR) is 75.9 cm³/mol. The SMILES string of the molecule is CCCn1cc(C(CN)N2CCOCC2(C)C)cn1. The molecule has 108 valence electrons. The van der Waals surface area contributed by atoms with Crippen molar-refractivity contribution in [2.75, 3.05) is 26.3 Å². The van der Waals surface area contributed by atoms with E-state index in [1.165, 1.54) is 5.56 Å². The molecule has 0 aliphatic carbocycles. The molecule has 5 nitrogen and oxygen atoms in total. The van der Waals surface area contributed by atoms with Crippen LogP contribution in [0.1, 0.15) is 38.8 Å². The maximum absolute atomic E-state index is 6.02. The van der Waals surface area contributed by atoms with Gasteiger partial charge in [0.1, 0.15) is 0 Å². The van der Waals surface area contributed by atoms with Gasteiger partial charge in [-0.15, -0.1) is 0 Å². The fourth-order valence-electron chi connectivity index (χ4n) is 2.79. The number of aromatic nitrogens is 2. The van der Waals surface area contributed by atoms with Gasteiger partial charge in [-0.3, -0.25) is 9.58 Å². The molecular weight excluding hydrogens is 240 g/mol. The second-order valence-electron chi connectivity index (χ2n) is 5.85. The minimum absolute atomic E-state index is 0.0230. The zero-order valence-electron chi connectivity index (χ0n) is 12.3. The number of aryl methyl sites for hydroxylation is 1. The Bertz CT molecular complexity index is 402. The standard InChI is InChI=1S/C14H26N4O/c1-4-5-17-10-12(9-16-17)13(8-15)18-6-7-19-11-14(18,2)3/h9-10,13H,4-8,11,15H2,1-3H3. The van der Waals surface area contributed by atoms with Crippen molar-refractivity contribution in [1.82, 2.24) is 14.7 Å². The van der Waals surface area contributed by atoms with E-state index in [0.29, 0.717) is 6.54 Å². The van der Waals surface area contributed by atoms with E-state index in [9.17, 15) is 0 Å². The van der Waals surface area contributed by atoms with Crippen LogP contribution in [0.3, 0.4) is 0 Å². The summed E-state index contributed by atoms with van der Waals surface area (Å²) < 4.78 is 7.59. The highest BCUT2D eigenvalue weighted by Gasteiger charge is 2.36. The third kappa shape index (κ3) is 3.16. The summed E-state index contributed by atoms with van der Waals surface area (Å²) in [5.74, 6) is 0. The highest BCUT2D eigenvalue weighted by molar-refractivity contribution is 5.13. The van der Waals surface area contributed by atoms with Crippen molar-refractivity contribution in [2.24, 2.45) is 5.73 Å². The lowest BCUT2D eigenvalue weighted by Gasteiger charge is -2.46. The van der Waals surface area contributed by atoms with E-state index in [4.69, 9.17) is 10.5 Å². The summed E-state index contributed by atoms with van der Waals surface area (Å²) in [6.45, 7) is 10.6. The Labute approximate surface area is 115 Å². The van der Waals surface area contributed by atoms with Crippen LogP contribution < -0.4 is 5.73 Å². The summed E-state index contributed by atoms with van der Waals surface area (Å²) in [6, 6.07) is 0.226. The summed E-state index contributed by atoms with van der Waals surface area (Å²) in [7, 11) is 0. The first-order valence-electron chi connectivity index (χ1n) is 7.15. The second kappa shape index (κ2) is 6.03. The van der Waals surface area contributed by atoms with E-state index in [1.54, 1.807) is 0 Å². The zero-order valence-corrected chi connectivity index (χ0v) is 12.3. The van der Waals surface area contributed by atoms with Gasteiger partial charge in [0.2, 0.25) is 0 Å². The molecule has 1 atom stereocenters. The van der Waals surface area contributed by atoms with Crippen LogP contribution in [0.4, 0.5) is 0 Å². The zero-order chi connectivity index (χ0) is 13.9. The molecule has 1 unspecified atom stereocenters. The van der Waals surface area contributed by atoms with Gasteiger partial charge in [-0.05, 0) is 20.3 Å². The van der Waals surface area contributed by atoms with Gasteiger partial charge in [-0.2, -0.15) is 5.10 Å². The monoisotopic (exact) mass is 266 g/mol. The molecule has 2 heterocycles. The quantitative estimate of drug-likeness (QED) is 0.875. The van der Waals surface area contributed by atoms with Crippen molar-refractivity contribution in [3.63, 3.8) is 0 Å². The first-order chi connectivity index (χ1) is 9.08. The van der Waals surface area contributed by atoms with E-state index >= 15 is 0 Å². The normalized spacial score (nSPS) is 21.5. The van der Waals surface area contributed by atoms with Crippen LogP contribution in [0.25, 0.3) is 0 Å². The maximum Gasteiger partial charge on any atom is 0.0645 e. The minimum atomic E-state index is 0.0230. The van der Waals surface area contributed by atoms with Crippen LogP contribution in [0, 0.1) is 0 Å². The second-order valence-corrected chi connectivity index (χ2v) is 5.85. The van der Waals surface area contributed by atoms with E-state index in [0.717, 1.165) is 32.7 Å². The fraction of sp³-hybridized carbons (Fsp3) is 0.786. The summed E-state index contributed by atoms with van der Waals surface area (Å²) >= 11 is 0. The molecule has 19 heavy (non-hydrogen) atoms. The maximum atomic E-state index is 6.02. The van der Waals surface area contributed by atoms with Gasteiger partial charge in [0, 0.05) is 36.9 Å². The smallest absolute Gasteiger partial charge is 0.0645 e. The summed E-state index contributed by atoms with van der Waals surface area (Å²) in [5.41, 5.74) is 7.26. The number of hydrogen-bond donors (Lipinski definition) is 1. The molecule has 0 aromatic carbocycles. The summed E-state index contributed by atoms with van der Waals surface area (Å²) in [5, 5.41) is 4.42. The van der Waals surface area contributed by atoms with Crippen LogP contribution in [0.5, 0.6) is 0 Å². The third-order valence-electron chi connectivity index (χ3n) is 3.80. The minimum Gasteiger partial charge on any atom is -0.378 e. The van der Waals surface area contributed by atoms with Gasteiger partial charge in [-0.1, -0.05) is 6.92 Å². The fourth-order valence-corrected chi connectivity index (χ4v) is 2.79. The van der Waals surface area contributed by atoms with Gasteiger partial charge in [0.05, 0.1) is 25.5 Å². The molecule has 2 rings (SSSR count). The van der Waals surface area contributed by atoms with Gasteiger partial charge >= 0.3 is 0 Å². The summed E-state index contributed by atoms with van der Waals surface area (Å²) in [6.07, 6.45) is 5.18. The first kappa shape index (κ1) is 14.5. The molecule has 1 fully saturated rings. The molecule has 0 bridgehead atoms. The molecule has 0 radical (unpaired) electrons. The molecule has 1 saturated heterocycles. The molecule has 5 heteroatoms. The van der Waals surface area contributed by atoms with Crippen LogP contribution in [-0.2, 0) is 11.3 Å². The van der Waals surface area contributed by atoms with E-state index in [1.807, 2.05) is 10.9 Å². The van der Waals surface area contributed by atoms with E-state index in [2.05, 4.69) is 37.0 Å². The van der Waals surface area contributed by atoms with E-state index in [-0.39, 0.29) is 11.6 Å². The third-order valence-corrected chi connectivity index (χ3v) is 3.80. The first-order valence-corrected chi connectivity index (χ1v) is 7.15. The van der Waals surface area contributed by atoms with Crippen LogP contribution in [0.15, 0.2) is 12.4 Å². The number of morpholine rings is 1. The van der Waals surface area contributed by atoms with Crippen molar-refractivity contribution in [3.05, 3.63) is 18.0 Å². The van der Waals surface area contributed by atoms with Crippen molar-refractivity contribution in [2.45, 2.75) is 45.3 Å². The Morgan fingerprint density at radius 1 is 1.53 bits per heavy atom. The van der Waals surface area contributed by atoms with Gasteiger partial charge in [-0.25, -0.2) is 0 Å². The van der Waals surface area contributed by atoms with Gasteiger partial charge in [0.25, 0.3) is 0 Å². The number of hydrogen-bond acceptors (Lipinski definition) is 4. The lowest BCUT2D eigenvalue weighted by Crippen LogP contribution is -2.55. The number of nitrogens with zero attached hydrogens (tertiary/aromatic N) is 3. The van der Waals surface area contributed by atoms with Gasteiger partial charge < -0.3 is 10.5 Å². The molecular formula is C14H26N4O. The average molecular weight is 266 g/mol. The molecule has 1 aliphatic heterocycles. The Morgan fingerprint density at radius 3 is 2.95 bits per heavy atom. The number of nitrogens with two attached hydrogens (primary N) is 1. The van der Waals surface area contributed by atoms with Crippen molar-refractivity contribution >= 4 is 0 Å². The lowest BCUT2D eigenvalue weighted by molar-refractivity contribution is -0.0712. The molecule has 1 aliphatic rings. The van der Waals surface area contributed by atoms with Crippen molar-refractivity contribution in [3.8, 4) is 0 Å². The molecule has 1 aromatic rings. The lowest BCUT2D eigenvalue weighted by atomic mass is 9.97. The van der Waals surface area contributed by atoms with Crippen LogP contribution in [0.2, 0.25) is 0 Å². The Hall–Kier alpha value is -0.910. The number of ether oxygens (including phenoxy) is 1. The molecule has 0 spiro atoms. The predicted octanol–water partition coefficient (Wildman–Crippen LogP) is 1.40. The molecule has 0 saturated carbocycles. The highest BCUT2D eigenvalue weighted by atomic mass is 16.5. The number of rotatable bonds is 5. The van der Waals surface area contributed by atoms with Crippen LogP contribution in [-0.4, -0.2) is 46.5 Å². The molecule has 0 amide bonds. The van der Waals surface area contributed by atoms with Crippen LogP contribution >= 0.6 is 0 Å². The average Bonchev–Trinajstić information content (AvgIpc) is 2.81. The Kier molecular flexibility index (Phi) is 4.60. The highest BCUT2D eigenvalue weighted by Crippen LogP contribution is 2.29. The van der Waals surface area contributed by atoms with Crippen molar-refractivity contribution in [1.29, 1.82) is 0 Å². The largest absolute Gasteiger partial charge is 0.378 e. The van der Waals surface area contributed by atoms with E-state index < -0.39 is 0 Å². The Balaban J connectivity index is 2.17. The Morgan fingerprint density at radius 2 is 2.32 bits per heavy atom.